The molecule has 4 heteroatoms. The van der Waals surface area contributed by atoms with Crippen molar-refractivity contribution in [3.8, 4) is 18.1 Å². The second-order valence-electron chi connectivity index (χ2n) is 4.70. The van der Waals surface area contributed by atoms with E-state index in [1.54, 1.807) is 6.92 Å². The van der Waals surface area contributed by atoms with Crippen molar-refractivity contribution in [3.63, 3.8) is 0 Å². The molecule has 0 aliphatic carbocycles. The van der Waals surface area contributed by atoms with Gasteiger partial charge in [0.15, 0.2) is 6.10 Å². The van der Waals surface area contributed by atoms with Gasteiger partial charge in [-0.05, 0) is 37.5 Å². The van der Waals surface area contributed by atoms with Crippen LogP contribution in [0.2, 0.25) is 0 Å². The van der Waals surface area contributed by atoms with Gasteiger partial charge in [0, 0.05) is 6.04 Å². The van der Waals surface area contributed by atoms with E-state index in [0.29, 0.717) is 5.75 Å². The highest BCUT2D eigenvalue weighted by molar-refractivity contribution is 5.80. The highest BCUT2D eigenvalue weighted by Gasteiger charge is 2.13. The molecule has 0 radical (unpaired) electrons. The van der Waals surface area contributed by atoms with Crippen LogP contribution in [-0.4, -0.2) is 24.6 Å². The van der Waals surface area contributed by atoms with Crippen LogP contribution in [0.25, 0.3) is 0 Å². The van der Waals surface area contributed by atoms with E-state index in [-0.39, 0.29) is 18.5 Å². The average Bonchev–Trinajstić information content (AvgIpc) is 2.46. The van der Waals surface area contributed by atoms with Crippen molar-refractivity contribution in [1.29, 1.82) is 0 Å². The number of carbonyl (C=O) groups is 1. The molecule has 0 aliphatic heterocycles. The first-order valence-electron chi connectivity index (χ1n) is 6.79. The molecule has 1 aromatic rings. The van der Waals surface area contributed by atoms with Gasteiger partial charge >= 0.3 is 0 Å². The number of nitrogens with one attached hydrogen (secondary N) is 1. The quantitative estimate of drug-likeness (QED) is 0.740. The predicted octanol–water partition coefficient (Wildman–Crippen LogP) is 1.48. The van der Waals surface area contributed by atoms with E-state index >= 15 is 0 Å². The maximum absolute atomic E-state index is 11.6. The number of hydrogen-bond donors (Lipinski definition) is 2. The Labute approximate surface area is 120 Å². The Morgan fingerprint density at radius 1 is 1.45 bits per heavy atom. The zero-order valence-corrected chi connectivity index (χ0v) is 12.1. The highest BCUT2D eigenvalue weighted by Crippen LogP contribution is 2.15. The summed E-state index contributed by atoms with van der Waals surface area (Å²) < 4.78 is 5.55. The normalized spacial score (nSPS) is 13.1. The third-order valence-electron chi connectivity index (χ3n) is 2.99. The van der Waals surface area contributed by atoms with Gasteiger partial charge in [0.2, 0.25) is 0 Å². The van der Waals surface area contributed by atoms with Gasteiger partial charge in [-0.25, -0.2) is 0 Å². The van der Waals surface area contributed by atoms with E-state index < -0.39 is 6.10 Å². The van der Waals surface area contributed by atoms with Crippen LogP contribution in [0.3, 0.4) is 0 Å². The first-order valence-corrected chi connectivity index (χ1v) is 6.79. The molecule has 3 N–H and O–H groups in total. The minimum absolute atomic E-state index is 0.176. The van der Waals surface area contributed by atoms with E-state index in [9.17, 15) is 4.79 Å². The summed E-state index contributed by atoms with van der Waals surface area (Å²) in [5.74, 6) is 2.78. The molecule has 4 nitrogen and oxygen atoms in total. The molecule has 20 heavy (non-hydrogen) atoms. The Morgan fingerprint density at radius 3 is 2.65 bits per heavy atom. The zero-order valence-electron chi connectivity index (χ0n) is 12.1. The van der Waals surface area contributed by atoms with E-state index in [1.165, 1.54) is 0 Å². The van der Waals surface area contributed by atoms with Gasteiger partial charge in [-0.2, -0.15) is 0 Å². The number of terminal acetylenes is 1. The lowest BCUT2D eigenvalue weighted by molar-refractivity contribution is -0.126. The molecule has 0 heterocycles. The molecule has 1 amide bonds. The summed E-state index contributed by atoms with van der Waals surface area (Å²) in [5, 5.41) is 2.58. The van der Waals surface area contributed by atoms with Gasteiger partial charge in [-0.15, -0.1) is 6.42 Å². The Bertz CT molecular complexity index is 462. The Balaban J connectivity index is 2.52. The topological polar surface area (TPSA) is 64.3 Å². The summed E-state index contributed by atoms with van der Waals surface area (Å²) in [6, 6.07) is 7.81. The number of ether oxygens (including phenoxy) is 1. The van der Waals surface area contributed by atoms with Crippen LogP contribution in [-0.2, 0) is 11.2 Å². The lowest BCUT2D eigenvalue weighted by Crippen LogP contribution is -2.36. The number of carbonyl (C=O) groups excluding carboxylic acids is 1. The molecule has 0 saturated carbocycles. The molecule has 0 fully saturated rings. The molecule has 1 aromatic carbocycles. The molecule has 2 unspecified atom stereocenters. The molecule has 2 atom stereocenters. The first kappa shape index (κ1) is 16.1. The van der Waals surface area contributed by atoms with Crippen LogP contribution in [0, 0.1) is 12.3 Å². The van der Waals surface area contributed by atoms with Gasteiger partial charge in [0.1, 0.15) is 5.75 Å². The molecule has 0 spiro atoms. The van der Waals surface area contributed by atoms with Crippen molar-refractivity contribution >= 4 is 5.91 Å². The Hall–Kier alpha value is -1.99. The maximum atomic E-state index is 11.6. The maximum Gasteiger partial charge on any atom is 0.261 e. The van der Waals surface area contributed by atoms with Crippen molar-refractivity contribution in [2.75, 3.05) is 6.54 Å². The number of nitrogens with two attached hydrogens (primary N) is 1. The van der Waals surface area contributed by atoms with Crippen molar-refractivity contribution in [2.45, 2.75) is 38.8 Å². The minimum atomic E-state index is -0.577. The van der Waals surface area contributed by atoms with Gasteiger partial charge in [0.25, 0.3) is 5.91 Å². The summed E-state index contributed by atoms with van der Waals surface area (Å²) in [5.41, 5.74) is 7.07. The smallest absolute Gasteiger partial charge is 0.261 e. The Kier molecular flexibility index (Phi) is 6.61. The predicted molar refractivity (Wildman–Crippen MR) is 80.3 cm³/mol. The molecule has 0 aliphatic rings. The van der Waals surface area contributed by atoms with E-state index in [1.807, 2.05) is 24.3 Å². The summed E-state index contributed by atoms with van der Waals surface area (Å²) in [7, 11) is 0. The van der Waals surface area contributed by atoms with Crippen LogP contribution in [0.15, 0.2) is 24.3 Å². The van der Waals surface area contributed by atoms with Crippen molar-refractivity contribution in [1.82, 2.24) is 5.32 Å². The lowest BCUT2D eigenvalue weighted by atomic mass is 10.0. The molecular formula is C16H22N2O2. The van der Waals surface area contributed by atoms with Crippen LogP contribution in [0.1, 0.15) is 25.8 Å². The molecule has 1 rings (SSSR count). The van der Waals surface area contributed by atoms with E-state index in [4.69, 9.17) is 16.9 Å². The third-order valence-corrected chi connectivity index (χ3v) is 2.99. The molecule has 0 bridgehead atoms. The van der Waals surface area contributed by atoms with Gasteiger partial charge in [0.05, 0.1) is 6.54 Å². The van der Waals surface area contributed by atoms with E-state index in [0.717, 1.165) is 18.4 Å². The summed E-state index contributed by atoms with van der Waals surface area (Å²) >= 11 is 0. The Morgan fingerprint density at radius 2 is 2.10 bits per heavy atom. The number of hydrogen-bond acceptors (Lipinski definition) is 3. The molecule has 0 saturated heterocycles. The minimum Gasteiger partial charge on any atom is -0.481 e. The first-order chi connectivity index (χ1) is 9.56. The second-order valence-corrected chi connectivity index (χ2v) is 4.70. The lowest BCUT2D eigenvalue weighted by Gasteiger charge is -2.14. The standard InChI is InChI=1S/C16H22N2O2/c1-4-10-18-16(19)12(3)20-15-8-6-13(7-9-15)11-14(17)5-2/h1,6-9,12,14H,5,10-11,17H2,2-3H3,(H,18,19). The van der Waals surface area contributed by atoms with Crippen LogP contribution in [0.5, 0.6) is 5.75 Å². The molecule has 0 aromatic heterocycles. The zero-order chi connectivity index (χ0) is 15.0. The highest BCUT2D eigenvalue weighted by atomic mass is 16.5. The average molecular weight is 274 g/mol. The van der Waals surface area contributed by atoms with Crippen molar-refractivity contribution in [2.24, 2.45) is 5.73 Å². The summed E-state index contributed by atoms with van der Waals surface area (Å²) in [6.45, 7) is 3.96. The summed E-state index contributed by atoms with van der Waals surface area (Å²) in [6.07, 6.45) is 6.30. The van der Waals surface area contributed by atoms with E-state index in [2.05, 4.69) is 18.2 Å². The fraction of sp³-hybridized carbons (Fsp3) is 0.438. The third kappa shape index (κ3) is 5.33. The SMILES string of the molecule is C#CCNC(=O)C(C)Oc1ccc(CC(N)CC)cc1. The van der Waals surface area contributed by atoms with Gasteiger partial charge < -0.3 is 15.8 Å². The fourth-order valence-electron chi connectivity index (χ4n) is 1.69. The van der Waals surface area contributed by atoms with Crippen LogP contribution in [0.4, 0.5) is 0 Å². The van der Waals surface area contributed by atoms with Crippen molar-refractivity contribution < 1.29 is 9.53 Å². The van der Waals surface area contributed by atoms with Crippen LogP contribution >= 0.6 is 0 Å². The number of benzene rings is 1. The van der Waals surface area contributed by atoms with Crippen LogP contribution < -0.4 is 15.8 Å². The summed E-state index contributed by atoms with van der Waals surface area (Å²) in [4.78, 5) is 11.6. The molecule has 108 valence electrons. The van der Waals surface area contributed by atoms with Crippen molar-refractivity contribution in [3.05, 3.63) is 29.8 Å². The van der Waals surface area contributed by atoms with Gasteiger partial charge in [-0.1, -0.05) is 25.0 Å². The van der Waals surface area contributed by atoms with Gasteiger partial charge in [-0.3, -0.25) is 4.79 Å². The molecular weight excluding hydrogens is 252 g/mol. The number of rotatable bonds is 7. The second kappa shape index (κ2) is 8.23. The number of amides is 1. The largest absolute Gasteiger partial charge is 0.481 e. The fourth-order valence-corrected chi connectivity index (χ4v) is 1.69. The monoisotopic (exact) mass is 274 g/mol.